The molecule has 0 bridgehead atoms. The lowest BCUT2D eigenvalue weighted by molar-refractivity contribution is -0.152. The van der Waals surface area contributed by atoms with Crippen LogP contribution in [0.15, 0.2) is 42.5 Å². The number of carbonyl (C=O) groups excluding carboxylic acids is 2. The molecule has 7 nitrogen and oxygen atoms in total. The number of aromatic nitrogens is 1. The number of para-hydroxylation sites is 1. The van der Waals surface area contributed by atoms with Crippen molar-refractivity contribution >= 4 is 34.4 Å². The maximum absolute atomic E-state index is 14.6. The van der Waals surface area contributed by atoms with Gasteiger partial charge < -0.3 is 20.4 Å². The molecule has 0 spiro atoms. The second-order valence-corrected chi connectivity index (χ2v) is 9.97. The molecule has 1 fully saturated rings. The number of rotatable bonds is 6. The zero-order valence-electron chi connectivity index (χ0n) is 20.3. The van der Waals surface area contributed by atoms with Crippen LogP contribution in [-0.4, -0.2) is 54.0 Å². The Hall–Kier alpha value is -2.94. The number of halogens is 2. The van der Waals surface area contributed by atoms with Gasteiger partial charge in [0.2, 0.25) is 5.91 Å². The summed E-state index contributed by atoms with van der Waals surface area (Å²) >= 11 is 5.99. The van der Waals surface area contributed by atoms with Gasteiger partial charge in [-0.15, -0.1) is 0 Å². The standard InChI is InChI=1S/C27H30ClFN4O3/c1-15(34)30-9-10-31-17-12-23(16-7-8-20(28)21(29)11-16)33-24(13-17)26-19(14-25(33)27(35)36-2)18-5-3-4-6-22(18)32-26/h3-8,11,17,23-25,31-32H,9-10,12-14H2,1-2H3,(H,30,34)/t17-,23-,24+,25-/m0/s1. The minimum Gasteiger partial charge on any atom is -0.468 e. The van der Waals surface area contributed by atoms with Crippen LogP contribution >= 0.6 is 11.6 Å². The molecule has 0 radical (unpaired) electrons. The first kappa shape index (κ1) is 24.7. The fourth-order valence-electron chi connectivity index (χ4n) is 5.87. The SMILES string of the molecule is COC(=O)[C@@H]1Cc2c([nH]c3ccccc23)[C@H]2C[C@@H](NCCNC(C)=O)C[C@@H](c3ccc(Cl)c(F)c3)N21. The summed E-state index contributed by atoms with van der Waals surface area (Å²) in [6.45, 7) is 2.62. The van der Waals surface area contributed by atoms with E-state index in [1.807, 2.05) is 24.3 Å². The highest BCUT2D eigenvalue weighted by Gasteiger charge is 2.48. The molecule has 190 valence electrons. The molecule has 36 heavy (non-hydrogen) atoms. The van der Waals surface area contributed by atoms with E-state index < -0.39 is 11.9 Å². The first-order valence-corrected chi connectivity index (χ1v) is 12.6. The second-order valence-electron chi connectivity index (χ2n) is 9.56. The lowest BCUT2D eigenvalue weighted by Gasteiger charge is -2.50. The molecule has 2 aromatic carbocycles. The minimum atomic E-state index is -0.504. The van der Waals surface area contributed by atoms with E-state index in [4.69, 9.17) is 16.3 Å². The molecule has 4 atom stereocenters. The summed E-state index contributed by atoms with van der Waals surface area (Å²) in [4.78, 5) is 30.2. The molecular formula is C27H30ClFN4O3. The van der Waals surface area contributed by atoms with Gasteiger partial charge >= 0.3 is 5.97 Å². The van der Waals surface area contributed by atoms with Gasteiger partial charge in [0.05, 0.1) is 18.2 Å². The van der Waals surface area contributed by atoms with Gasteiger partial charge in [0.1, 0.15) is 11.9 Å². The van der Waals surface area contributed by atoms with E-state index in [-0.39, 0.29) is 35.0 Å². The molecular weight excluding hydrogens is 483 g/mol. The largest absolute Gasteiger partial charge is 0.468 e. The van der Waals surface area contributed by atoms with E-state index in [0.29, 0.717) is 25.9 Å². The van der Waals surface area contributed by atoms with Crippen LogP contribution in [0.4, 0.5) is 4.39 Å². The van der Waals surface area contributed by atoms with Gasteiger partial charge in [-0.3, -0.25) is 14.5 Å². The molecule has 5 rings (SSSR count). The van der Waals surface area contributed by atoms with E-state index in [2.05, 4.69) is 26.6 Å². The van der Waals surface area contributed by atoms with Gasteiger partial charge in [-0.05, 0) is 42.2 Å². The van der Waals surface area contributed by atoms with Crippen LogP contribution in [0.25, 0.3) is 10.9 Å². The molecule has 3 N–H and O–H groups in total. The summed E-state index contributed by atoms with van der Waals surface area (Å²) in [5.74, 6) is -0.853. The van der Waals surface area contributed by atoms with Gasteiger partial charge in [0.25, 0.3) is 0 Å². The minimum absolute atomic E-state index is 0.0668. The lowest BCUT2D eigenvalue weighted by atomic mass is 9.79. The van der Waals surface area contributed by atoms with Crippen molar-refractivity contribution in [2.45, 2.75) is 50.4 Å². The third-order valence-electron chi connectivity index (χ3n) is 7.41. The predicted octanol–water partition coefficient (Wildman–Crippen LogP) is 4.03. The number of piperidine rings is 1. The average molecular weight is 513 g/mol. The first-order valence-electron chi connectivity index (χ1n) is 12.2. The second kappa shape index (κ2) is 10.2. The maximum atomic E-state index is 14.6. The van der Waals surface area contributed by atoms with Crippen LogP contribution in [0.5, 0.6) is 0 Å². The molecule has 0 saturated carbocycles. The number of methoxy groups -OCH3 is 1. The monoisotopic (exact) mass is 512 g/mol. The highest BCUT2D eigenvalue weighted by molar-refractivity contribution is 6.30. The number of nitrogens with one attached hydrogen (secondary N) is 3. The quantitative estimate of drug-likeness (QED) is 0.343. The number of ether oxygens (including phenoxy) is 1. The molecule has 2 aliphatic rings. The number of hydrogen-bond acceptors (Lipinski definition) is 5. The van der Waals surface area contributed by atoms with Crippen LogP contribution in [0.3, 0.4) is 0 Å². The number of fused-ring (bicyclic) bond motifs is 5. The number of esters is 1. The van der Waals surface area contributed by atoms with Crippen molar-refractivity contribution in [3.8, 4) is 0 Å². The highest BCUT2D eigenvalue weighted by Crippen LogP contribution is 2.49. The summed E-state index contributed by atoms with van der Waals surface area (Å²) < 4.78 is 19.8. The van der Waals surface area contributed by atoms with Gasteiger partial charge in [-0.2, -0.15) is 0 Å². The molecule has 3 heterocycles. The van der Waals surface area contributed by atoms with E-state index >= 15 is 0 Å². The Kier molecular flexibility index (Phi) is 7.01. The van der Waals surface area contributed by atoms with Crippen molar-refractivity contribution in [3.63, 3.8) is 0 Å². The first-order chi connectivity index (χ1) is 17.4. The van der Waals surface area contributed by atoms with Crippen molar-refractivity contribution in [2.24, 2.45) is 0 Å². The zero-order valence-corrected chi connectivity index (χ0v) is 21.1. The van der Waals surface area contributed by atoms with Crippen LogP contribution in [0, 0.1) is 5.82 Å². The molecule has 2 aliphatic heterocycles. The summed E-state index contributed by atoms with van der Waals surface area (Å²) in [7, 11) is 1.41. The Morgan fingerprint density at radius 2 is 1.94 bits per heavy atom. The van der Waals surface area contributed by atoms with Gasteiger partial charge in [-0.1, -0.05) is 35.9 Å². The number of H-pyrrole nitrogens is 1. The molecule has 0 unspecified atom stereocenters. The van der Waals surface area contributed by atoms with Gasteiger partial charge in [-0.25, -0.2) is 4.39 Å². The smallest absolute Gasteiger partial charge is 0.323 e. The van der Waals surface area contributed by atoms with Crippen molar-refractivity contribution in [3.05, 3.63) is 70.1 Å². The Morgan fingerprint density at radius 1 is 1.17 bits per heavy atom. The summed E-state index contributed by atoms with van der Waals surface area (Å²) in [6, 6.07) is 12.2. The summed E-state index contributed by atoms with van der Waals surface area (Å²) in [6.07, 6.45) is 1.93. The topological polar surface area (TPSA) is 86.5 Å². The molecule has 0 aliphatic carbocycles. The normalized spacial score (nSPS) is 23.7. The van der Waals surface area contributed by atoms with Crippen molar-refractivity contribution in [1.82, 2.24) is 20.5 Å². The van der Waals surface area contributed by atoms with E-state index in [1.165, 1.54) is 20.1 Å². The van der Waals surface area contributed by atoms with Crippen LogP contribution in [0.1, 0.15) is 48.7 Å². The lowest BCUT2D eigenvalue weighted by Crippen LogP contribution is -2.56. The number of nitrogens with zero attached hydrogens (tertiary/aromatic N) is 1. The predicted molar refractivity (Wildman–Crippen MR) is 136 cm³/mol. The summed E-state index contributed by atoms with van der Waals surface area (Å²) in [5, 5.41) is 7.56. The van der Waals surface area contributed by atoms with E-state index in [0.717, 1.165) is 34.1 Å². The van der Waals surface area contributed by atoms with Crippen molar-refractivity contribution < 1.29 is 18.7 Å². The number of amides is 1. The molecule has 1 saturated heterocycles. The molecule has 1 amide bonds. The summed E-state index contributed by atoms with van der Waals surface area (Å²) in [5.41, 5.74) is 4.01. The molecule has 1 aromatic heterocycles. The fraction of sp³-hybridized carbons (Fsp3) is 0.407. The Balaban J connectivity index is 1.57. The number of benzene rings is 2. The van der Waals surface area contributed by atoms with Gasteiger partial charge in [0.15, 0.2) is 0 Å². The number of carbonyl (C=O) groups is 2. The fourth-order valence-corrected chi connectivity index (χ4v) is 5.99. The Morgan fingerprint density at radius 3 is 2.69 bits per heavy atom. The maximum Gasteiger partial charge on any atom is 0.323 e. The third-order valence-corrected chi connectivity index (χ3v) is 7.71. The molecule has 9 heteroatoms. The Labute approximate surface area is 214 Å². The average Bonchev–Trinajstić information content (AvgIpc) is 3.25. The highest BCUT2D eigenvalue weighted by atomic mass is 35.5. The molecule has 3 aromatic rings. The van der Waals surface area contributed by atoms with E-state index in [9.17, 15) is 14.0 Å². The van der Waals surface area contributed by atoms with Crippen LogP contribution in [0.2, 0.25) is 5.02 Å². The van der Waals surface area contributed by atoms with Crippen LogP contribution < -0.4 is 10.6 Å². The number of aromatic amines is 1. The third kappa shape index (κ3) is 4.61. The van der Waals surface area contributed by atoms with Crippen molar-refractivity contribution in [1.29, 1.82) is 0 Å². The van der Waals surface area contributed by atoms with Gasteiger partial charge in [0, 0.05) is 55.1 Å². The van der Waals surface area contributed by atoms with Crippen molar-refractivity contribution in [2.75, 3.05) is 20.2 Å². The Bertz CT molecular complexity index is 1300. The number of hydrogen-bond donors (Lipinski definition) is 3. The van der Waals surface area contributed by atoms with E-state index in [1.54, 1.807) is 6.07 Å². The van der Waals surface area contributed by atoms with Crippen LogP contribution in [-0.2, 0) is 20.7 Å². The zero-order chi connectivity index (χ0) is 25.4.